The van der Waals surface area contributed by atoms with Gasteiger partial charge in [0.2, 0.25) is 0 Å². The first kappa shape index (κ1) is 13.9. The van der Waals surface area contributed by atoms with Crippen LogP contribution in [0.1, 0.15) is 25.3 Å². The average molecular weight is 262 g/mol. The van der Waals surface area contributed by atoms with Crippen LogP contribution >= 0.6 is 11.8 Å². The number of alkyl halides is 3. The highest BCUT2D eigenvalue weighted by atomic mass is 32.2. The highest BCUT2D eigenvalue weighted by molar-refractivity contribution is 8.00. The molecular weight excluding hydrogens is 252 g/mol. The summed E-state index contributed by atoms with van der Waals surface area (Å²) in [6.07, 6.45) is 1.43. The van der Waals surface area contributed by atoms with Gasteiger partial charge in [0, 0.05) is 16.9 Å². The van der Waals surface area contributed by atoms with Gasteiger partial charge in [-0.1, -0.05) is 18.8 Å². The van der Waals surface area contributed by atoms with Crippen molar-refractivity contribution in [2.24, 2.45) is 0 Å². The Balaban J connectivity index is 3.01. The summed E-state index contributed by atoms with van der Waals surface area (Å²) < 4.78 is 49.6. The van der Waals surface area contributed by atoms with E-state index in [1.165, 1.54) is 6.07 Å². The van der Waals surface area contributed by atoms with Crippen LogP contribution in [0.25, 0.3) is 0 Å². The van der Waals surface area contributed by atoms with Crippen molar-refractivity contribution in [2.45, 2.75) is 30.2 Å². The molecule has 0 nitrogen and oxygen atoms in total. The first-order chi connectivity index (χ1) is 7.92. The molecule has 0 unspecified atom stereocenters. The first-order valence-corrected chi connectivity index (χ1v) is 5.78. The van der Waals surface area contributed by atoms with Crippen LogP contribution < -0.4 is 0 Å². The maximum atomic E-state index is 12.9. The number of unbranched alkanes of at least 4 members (excludes halogenated alkanes) is 1. The van der Waals surface area contributed by atoms with E-state index in [1.54, 1.807) is 0 Å². The highest BCUT2D eigenvalue weighted by Gasteiger charge is 2.30. The van der Waals surface area contributed by atoms with Crippen LogP contribution in [-0.4, -0.2) is 5.51 Å². The molecule has 5 heteroatoms. The molecule has 0 bridgehead atoms. The summed E-state index contributed by atoms with van der Waals surface area (Å²) >= 11 is -0.343. The van der Waals surface area contributed by atoms with Gasteiger partial charge in [0.1, 0.15) is 5.82 Å². The lowest BCUT2D eigenvalue weighted by molar-refractivity contribution is -0.0328. The molecule has 0 aliphatic carbocycles. The Labute approximate surface area is 101 Å². The first-order valence-electron chi connectivity index (χ1n) is 4.96. The molecule has 0 radical (unpaired) electrons. The summed E-state index contributed by atoms with van der Waals surface area (Å²) in [5.74, 6) is 4.67. The molecule has 0 heterocycles. The second-order valence-corrected chi connectivity index (χ2v) is 4.35. The van der Waals surface area contributed by atoms with Gasteiger partial charge < -0.3 is 0 Å². The molecule has 0 spiro atoms. The Hall–Kier alpha value is -1.15. The molecule has 0 aliphatic heterocycles. The Morgan fingerprint density at radius 2 is 2.00 bits per heavy atom. The summed E-state index contributed by atoms with van der Waals surface area (Å²) in [6, 6.07) is 3.23. The van der Waals surface area contributed by atoms with E-state index in [0.717, 1.165) is 18.6 Å². The van der Waals surface area contributed by atoms with E-state index < -0.39 is 11.3 Å². The molecule has 1 rings (SSSR count). The summed E-state index contributed by atoms with van der Waals surface area (Å²) in [4.78, 5) is -0.193. The SMILES string of the molecule is CCCC#Cc1ccc(F)cc1SC(F)(F)F. The molecule has 0 N–H and O–H groups in total. The van der Waals surface area contributed by atoms with Gasteiger partial charge in [-0.2, -0.15) is 13.2 Å². The third kappa shape index (κ3) is 5.14. The second kappa shape index (κ2) is 5.97. The maximum absolute atomic E-state index is 12.9. The van der Waals surface area contributed by atoms with Crippen LogP contribution in [-0.2, 0) is 0 Å². The van der Waals surface area contributed by atoms with Gasteiger partial charge in [-0.15, -0.1) is 0 Å². The van der Waals surface area contributed by atoms with Crippen molar-refractivity contribution in [1.29, 1.82) is 0 Å². The number of thioether (sulfide) groups is 1. The van der Waals surface area contributed by atoms with E-state index in [-0.39, 0.29) is 22.2 Å². The molecule has 92 valence electrons. The molecule has 0 fully saturated rings. The van der Waals surface area contributed by atoms with Crippen molar-refractivity contribution < 1.29 is 17.6 Å². The number of hydrogen-bond acceptors (Lipinski definition) is 1. The predicted octanol–water partition coefficient (Wildman–Crippen LogP) is 4.59. The minimum absolute atomic E-state index is 0.193. The third-order valence-corrected chi connectivity index (χ3v) is 2.56. The van der Waals surface area contributed by atoms with Gasteiger partial charge in [0.25, 0.3) is 0 Å². The van der Waals surface area contributed by atoms with Crippen LogP contribution in [0.3, 0.4) is 0 Å². The number of halogens is 4. The minimum atomic E-state index is -4.44. The standard InChI is InChI=1S/C12H10F4S/c1-2-3-4-5-9-6-7-10(13)8-11(9)17-12(14,15)16/h6-8H,2-3H2,1H3. The molecule has 1 aromatic carbocycles. The largest absolute Gasteiger partial charge is 0.446 e. The van der Waals surface area contributed by atoms with Gasteiger partial charge in [-0.05, 0) is 36.4 Å². The predicted molar refractivity (Wildman–Crippen MR) is 60.1 cm³/mol. The minimum Gasteiger partial charge on any atom is -0.207 e. The van der Waals surface area contributed by atoms with Gasteiger partial charge in [0.15, 0.2) is 0 Å². The van der Waals surface area contributed by atoms with Gasteiger partial charge in [0.05, 0.1) is 0 Å². The Morgan fingerprint density at radius 1 is 1.29 bits per heavy atom. The van der Waals surface area contributed by atoms with Crippen LogP contribution in [0.2, 0.25) is 0 Å². The Morgan fingerprint density at radius 3 is 2.59 bits per heavy atom. The maximum Gasteiger partial charge on any atom is 0.446 e. The van der Waals surface area contributed by atoms with E-state index in [1.807, 2.05) is 6.92 Å². The average Bonchev–Trinajstić information content (AvgIpc) is 2.19. The Kier molecular flexibility index (Phi) is 4.88. The van der Waals surface area contributed by atoms with E-state index in [0.29, 0.717) is 6.42 Å². The van der Waals surface area contributed by atoms with E-state index in [4.69, 9.17) is 0 Å². The Bertz CT molecular complexity index is 440. The molecule has 0 atom stereocenters. The van der Waals surface area contributed by atoms with E-state index in [2.05, 4.69) is 11.8 Å². The van der Waals surface area contributed by atoms with Gasteiger partial charge in [-0.25, -0.2) is 4.39 Å². The van der Waals surface area contributed by atoms with Crippen molar-refractivity contribution in [2.75, 3.05) is 0 Å². The van der Waals surface area contributed by atoms with Crippen molar-refractivity contribution in [3.8, 4) is 11.8 Å². The molecule has 1 aromatic rings. The molecule has 0 saturated carbocycles. The summed E-state index contributed by atoms with van der Waals surface area (Å²) in [7, 11) is 0. The molecule has 0 aliphatic rings. The zero-order valence-corrected chi connectivity index (χ0v) is 9.88. The zero-order chi connectivity index (χ0) is 12.9. The summed E-state index contributed by atoms with van der Waals surface area (Å²) in [6.45, 7) is 1.92. The number of rotatable bonds is 2. The molecular formula is C12H10F4S. The van der Waals surface area contributed by atoms with Crippen molar-refractivity contribution in [3.63, 3.8) is 0 Å². The van der Waals surface area contributed by atoms with Crippen LogP contribution in [0.15, 0.2) is 23.1 Å². The lowest BCUT2D eigenvalue weighted by atomic mass is 10.2. The fourth-order valence-electron chi connectivity index (χ4n) is 1.09. The monoisotopic (exact) mass is 262 g/mol. The number of hydrogen-bond donors (Lipinski definition) is 0. The van der Waals surface area contributed by atoms with Crippen LogP contribution in [0.4, 0.5) is 17.6 Å². The lowest BCUT2D eigenvalue weighted by Crippen LogP contribution is -2.00. The van der Waals surface area contributed by atoms with E-state index >= 15 is 0 Å². The molecule has 17 heavy (non-hydrogen) atoms. The van der Waals surface area contributed by atoms with Crippen LogP contribution in [0, 0.1) is 17.7 Å². The fraction of sp³-hybridized carbons (Fsp3) is 0.333. The normalized spacial score (nSPS) is 10.9. The van der Waals surface area contributed by atoms with Gasteiger partial charge >= 0.3 is 5.51 Å². The van der Waals surface area contributed by atoms with Crippen LogP contribution in [0.5, 0.6) is 0 Å². The number of benzene rings is 1. The lowest BCUT2D eigenvalue weighted by Gasteiger charge is -2.07. The van der Waals surface area contributed by atoms with Crippen molar-refractivity contribution >= 4 is 11.8 Å². The van der Waals surface area contributed by atoms with E-state index in [9.17, 15) is 17.6 Å². The summed E-state index contributed by atoms with van der Waals surface area (Å²) in [5, 5.41) is 0. The fourth-order valence-corrected chi connectivity index (χ4v) is 1.74. The molecule has 0 amide bonds. The quantitative estimate of drug-likeness (QED) is 0.427. The smallest absolute Gasteiger partial charge is 0.207 e. The van der Waals surface area contributed by atoms with Crippen molar-refractivity contribution in [1.82, 2.24) is 0 Å². The topological polar surface area (TPSA) is 0 Å². The molecule has 0 aromatic heterocycles. The summed E-state index contributed by atoms with van der Waals surface area (Å²) in [5.41, 5.74) is -4.23. The third-order valence-electron chi connectivity index (χ3n) is 1.77. The highest BCUT2D eigenvalue weighted by Crippen LogP contribution is 2.38. The van der Waals surface area contributed by atoms with Crippen molar-refractivity contribution in [3.05, 3.63) is 29.6 Å². The molecule has 0 saturated heterocycles. The van der Waals surface area contributed by atoms with Gasteiger partial charge in [-0.3, -0.25) is 0 Å². The second-order valence-electron chi connectivity index (χ2n) is 3.24. The zero-order valence-electron chi connectivity index (χ0n) is 9.07.